The van der Waals surface area contributed by atoms with Crippen LogP contribution in [-0.4, -0.2) is 25.8 Å². The molecule has 122 valence electrons. The number of thioether (sulfide) groups is 1. The van der Waals surface area contributed by atoms with Gasteiger partial charge in [0.15, 0.2) is 10.9 Å². The molecule has 0 aliphatic heterocycles. The first-order chi connectivity index (χ1) is 11.5. The third kappa shape index (κ3) is 3.66. The molecule has 1 atom stereocenters. The Kier molecular flexibility index (Phi) is 4.97. The van der Waals surface area contributed by atoms with Crippen molar-refractivity contribution in [3.63, 3.8) is 0 Å². The van der Waals surface area contributed by atoms with Gasteiger partial charge in [-0.05, 0) is 49.4 Å². The van der Waals surface area contributed by atoms with Crippen LogP contribution in [0.25, 0.3) is 5.69 Å². The Balaban J connectivity index is 1.80. The monoisotopic (exact) mass is 361 g/mol. The molecule has 2 aromatic carbocycles. The van der Waals surface area contributed by atoms with E-state index in [2.05, 4.69) is 10.2 Å². The largest absolute Gasteiger partial charge is 0.293 e. The van der Waals surface area contributed by atoms with Gasteiger partial charge in [-0.15, -0.1) is 10.2 Å². The van der Waals surface area contributed by atoms with Crippen molar-refractivity contribution in [3.8, 4) is 5.69 Å². The molecule has 7 heteroatoms. The second kappa shape index (κ2) is 7.15. The summed E-state index contributed by atoms with van der Waals surface area (Å²) in [6.45, 7) is 1.79. The van der Waals surface area contributed by atoms with Crippen molar-refractivity contribution in [1.29, 1.82) is 0 Å². The lowest BCUT2D eigenvalue weighted by Crippen LogP contribution is -2.14. The molecule has 0 aliphatic carbocycles. The Morgan fingerprint density at radius 1 is 1.25 bits per heavy atom. The van der Waals surface area contributed by atoms with Crippen LogP contribution in [0.2, 0.25) is 5.02 Å². The lowest BCUT2D eigenvalue weighted by atomic mass is 10.1. The van der Waals surface area contributed by atoms with Gasteiger partial charge in [0.2, 0.25) is 0 Å². The molecule has 1 aromatic heterocycles. The minimum absolute atomic E-state index is 0.0966. The highest BCUT2D eigenvalue weighted by atomic mass is 35.5. The second-order valence-electron chi connectivity index (χ2n) is 5.09. The lowest BCUT2D eigenvalue weighted by molar-refractivity contribution is 0.0994. The highest BCUT2D eigenvalue weighted by molar-refractivity contribution is 8.00. The predicted molar refractivity (Wildman–Crippen MR) is 92.4 cm³/mol. The van der Waals surface area contributed by atoms with Crippen molar-refractivity contribution in [2.45, 2.75) is 17.3 Å². The fourth-order valence-electron chi connectivity index (χ4n) is 2.17. The summed E-state index contributed by atoms with van der Waals surface area (Å²) in [5.41, 5.74) is 1.28. The van der Waals surface area contributed by atoms with Gasteiger partial charge in [-0.1, -0.05) is 29.4 Å². The number of hydrogen-bond acceptors (Lipinski definition) is 4. The third-order valence-electron chi connectivity index (χ3n) is 3.38. The molecule has 3 rings (SSSR count). The van der Waals surface area contributed by atoms with Crippen LogP contribution in [0.5, 0.6) is 0 Å². The minimum atomic E-state index is -0.391. The highest BCUT2D eigenvalue weighted by Gasteiger charge is 2.20. The maximum atomic E-state index is 13.0. The van der Waals surface area contributed by atoms with E-state index in [9.17, 15) is 9.18 Å². The van der Waals surface area contributed by atoms with Crippen LogP contribution in [0.4, 0.5) is 4.39 Å². The van der Waals surface area contributed by atoms with Crippen molar-refractivity contribution in [2.24, 2.45) is 0 Å². The number of ketones is 1. The number of benzene rings is 2. The number of Topliss-reactive ketones (excluding diaryl/α,β-unsaturated/α-hetero) is 1. The molecule has 4 nitrogen and oxygen atoms in total. The molecular weight excluding hydrogens is 349 g/mol. The predicted octanol–water partition coefficient (Wildman–Crippen LogP) is 4.42. The zero-order valence-corrected chi connectivity index (χ0v) is 14.3. The highest BCUT2D eigenvalue weighted by Crippen LogP contribution is 2.27. The fourth-order valence-corrected chi connectivity index (χ4v) is 3.27. The van der Waals surface area contributed by atoms with E-state index in [1.807, 2.05) is 12.1 Å². The number of nitrogens with zero attached hydrogens (tertiary/aromatic N) is 3. The molecule has 0 radical (unpaired) electrons. The maximum absolute atomic E-state index is 13.0. The summed E-state index contributed by atoms with van der Waals surface area (Å²) in [5.74, 6) is -0.465. The van der Waals surface area contributed by atoms with Crippen LogP contribution < -0.4 is 0 Å². The molecular formula is C17H13ClFN3OS. The van der Waals surface area contributed by atoms with Crippen LogP contribution in [0.3, 0.4) is 0 Å². The van der Waals surface area contributed by atoms with E-state index < -0.39 is 5.25 Å². The molecule has 0 spiro atoms. The molecule has 0 N–H and O–H groups in total. The zero-order chi connectivity index (χ0) is 17.1. The Hall–Kier alpha value is -2.18. The smallest absolute Gasteiger partial charge is 0.196 e. The summed E-state index contributed by atoms with van der Waals surface area (Å²) in [7, 11) is 0. The van der Waals surface area contributed by atoms with E-state index >= 15 is 0 Å². The van der Waals surface area contributed by atoms with Gasteiger partial charge in [0.25, 0.3) is 0 Å². The number of halogens is 2. The fraction of sp³-hybridized carbons (Fsp3) is 0.118. The average molecular weight is 362 g/mol. The molecule has 24 heavy (non-hydrogen) atoms. The standard InChI is InChI=1S/C17H13ClFN3OS/c1-11(16(23)12-5-7-14(19)8-6-12)24-17-21-20-10-22(17)15-4-2-3-13(18)9-15/h2-11H,1H3. The number of carbonyl (C=O) groups excluding carboxylic acids is 1. The normalized spacial score (nSPS) is 12.1. The summed E-state index contributed by atoms with van der Waals surface area (Å²) in [5, 5.41) is 8.78. The molecule has 0 aliphatic rings. The molecule has 0 amide bonds. The van der Waals surface area contributed by atoms with Gasteiger partial charge in [-0.25, -0.2) is 4.39 Å². The van der Waals surface area contributed by atoms with Gasteiger partial charge in [-0.2, -0.15) is 0 Å². The van der Waals surface area contributed by atoms with Crippen molar-refractivity contribution in [1.82, 2.24) is 14.8 Å². The first-order valence-corrected chi connectivity index (χ1v) is 8.43. The second-order valence-corrected chi connectivity index (χ2v) is 6.84. The van der Waals surface area contributed by atoms with Crippen LogP contribution in [0.15, 0.2) is 60.0 Å². The molecule has 0 fully saturated rings. The van der Waals surface area contributed by atoms with Gasteiger partial charge in [0.05, 0.1) is 10.9 Å². The quantitative estimate of drug-likeness (QED) is 0.498. The Morgan fingerprint density at radius 2 is 2.00 bits per heavy atom. The van der Waals surface area contributed by atoms with E-state index in [4.69, 9.17) is 11.6 Å². The molecule has 0 saturated carbocycles. The molecule has 3 aromatic rings. The number of rotatable bonds is 5. The van der Waals surface area contributed by atoms with Gasteiger partial charge in [0.1, 0.15) is 12.1 Å². The van der Waals surface area contributed by atoms with Gasteiger partial charge in [-0.3, -0.25) is 9.36 Å². The lowest BCUT2D eigenvalue weighted by Gasteiger charge is -2.11. The third-order valence-corrected chi connectivity index (χ3v) is 4.67. The van der Waals surface area contributed by atoms with Crippen molar-refractivity contribution in [3.05, 3.63) is 71.3 Å². The van der Waals surface area contributed by atoms with E-state index in [1.54, 1.807) is 30.0 Å². The first kappa shape index (κ1) is 16.7. The molecule has 1 heterocycles. The van der Waals surface area contributed by atoms with Gasteiger partial charge in [0, 0.05) is 10.6 Å². The number of hydrogen-bond donors (Lipinski definition) is 0. The van der Waals surface area contributed by atoms with Gasteiger partial charge >= 0.3 is 0 Å². The Labute approximate surface area is 147 Å². The van der Waals surface area contributed by atoms with Crippen LogP contribution >= 0.6 is 23.4 Å². The Morgan fingerprint density at radius 3 is 2.71 bits per heavy atom. The zero-order valence-electron chi connectivity index (χ0n) is 12.7. The first-order valence-electron chi connectivity index (χ1n) is 7.17. The van der Waals surface area contributed by atoms with E-state index in [1.165, 1.54) is 36.0 Å². The Bertz CT molecular complexity index is 866. The van der Waals surface area contributed by atoms with Crippen molar-refractivity contribution < 1.29 is 9.18 Å². The van der Waals surface area contributed by atoms with Crippen LogP contribution in [0.1, 0.15) is 17.3 Å². The molecule has 1 unspecified atom stereocenters. The summed E-state index contributed by atoms with van der Waals surface area (Å²) in [6.07, 6.45) is 1.57. The van der Waals surface area contributed by atoms with Gasteiger partial charge < -0.3 is 0 Å². The van der Waals surface area contributed by atoms with Crippen LogP contribution in [-0.2, 0) is 0 Å². The topological polar surface area (TPSA) is 47.8 Å². The summed E-state index contributed by atoms with van der Waals surface area (Å²) < 4.78 is 14.7. The summed E-state index contributed by atoms with van der Waals surface area (Å²) in [4.78, 5) is 12.5. The molecule has 0 saturated heterocycles. The van der Waals surface area contributed by atoms with Crippen molar-refractivity contribution >= 4 is 29.1 Å². The maximum Gasteiger partial charge on any atom is 0.196 e. The minimum Gasteiger partial charge on any atom is -0.293 e. The summed E-state index contributed by atoms with van der Waals surface area (Å²) in [6, 6.07) is 12.8. The van der Waals surface area contributed by atoms with E-state index in [-0.39, 0.29) is 11.6 Å². The average Bonchev–Trinajstić information content (AvgIpc) is 3.03. The van der Waals surface area contributed by atoms with Crippen LogP contribution in [0, 0.1) is 5.82 Å². The SMILES string of the molecule is CC(Sc1nncn1-c1cccc(Cl)c1)C(=O)c1ccc(F)cc1. The van der Waals surface area contributed by atoms with E-state index in [0.29, 0.717) is 15.7 Å². The molecule has 0 bridgehead atoms. The summed E-state index contributed by atoms with van der Waals surface area (Å²) >= 11 is 7.31. The number of carbonyl (C=O) groups is 1. The number of aromatic nitrogens is 3. The van der Waals surface area contributed by atoms with E-state index in [0.717, 1.165) is 5.69 Å². The van der Waals surface area contributed by atoms with Crippen molar-refractivity contribution in [2.75, 3.05) is 0 Å².